The van der Waals surface area contributed by atoms with Crippen molar-refractivity contribution in [1.29, 1.82) is 0 Å². The van der Waals surface area contributed by atoms with Crippen molar-refractivity contribution in [2.45, 2.75) is 63.6 Å². The minimum Gasteiger partial charge on any atom is -0.376 e. The van der Waals surface area contributed by atoms with Gasteiger partial charge in [0.15, 0.2) is 5.11 Å². The van der Waals surface area contributed by atoms with Gasteiger partial charge in [0.25, 0.3) is 0 Å². The number of nitrogens with one attached hydrogen (secondary N) is 2. The second-order valence-corrected chi connectivity index (χ2v) is 8.03. The number of hydrogen-bond acceptors (Lipinski definition) is 3. The number of rotatable bonds is 7. The summed E-state index contributed by atoms with van der Waals surface area (Å²) in [5.74, 6) is -0.320. The van der Waals surface area contributed by atoms with E-state index in [4.69, 9.17) is 17.0 Å². The number of carbonyl (C=O) groups excluding carboxylic acids is 1. The molecule has 1 heterocycles. The quantitative estimate of drug-likeness (QED) is 0.680. The molecule has 1 atom stereocenters. The van der Waals surface area contributed by atoms with E-state index >= 15 is 0 Å². The lowest BCUT2D eigenvalue weighted by Gasteiger charge is -2.36. The van der Waals surface area contributed by atoms with Crippen molar-refractivity contribution in [2.75, 3.05) is 19.7 Å². The SMILES string of the molecule is O=C(CNC(=S)N(Cc1ccc(F)cc1)C1CCCCC1)NC[C@H]1CCCO1. The molecule has 0 aromatic heterocycles. The highest BCUT2D eigenvalue weighted by Gasteiger charge is 2.24. The zero-order chi connectivity index (χ0) is 19.8. The van der Waals surface area contributed by atoms with Gasteiger partial charge in [-0.05, 0) is 55.6 Å². The van der Waals surface area contributed by atoms with Gasteiger partial charge in [0, 0.05) is 25.7 Å². The fourth-order valence-corrected chi connectivity index (χ4v) is 4.18. The third-order valence-corrected chi connectivity index (χ3v) is 5.87. The van der Waals surface area contributed by atoms with E-state index < -0.39 is 0 Å². The highest BCUT2D eigenvalue weighted by atomic mass is 32.1. The van der Waals surface area contributed by atoms with Crippen LogP contribution in [0.1, 0.15) is 50.5 Å². The van der Waals surface area contributed by atoms with E-state index in [0.717, 1.165) is 37.9 Å². The van der Waals surface area contributed by atoms with Gasteiger partial charge in [-0.1, -0.05) is 31.4 Å². The van der Waals surface area contributed by atoms with Crippen LogP contribution in [0.25, 0.3) is 0 Å². The second kappa shape index (κ2) is 10.7. The molecule has 1 saturated carbocycles. The monoisotopic (exact) mass is 407 g/mol. The number of carbonyl (C=O) groups is 1. The fraction of sp³-hybridized carbons (Fsp3) is 0.619. The topological polar surface area (TPSA) is 53.6 Å². The van der Waals surface area contributed by atoms with Crippen LogP contribution in [0.3, 0.4) is 0 Å². The van der Waals surface area contributed by atoms with Crippen LogP contribution in [-0.2, 0) is 16.1 Å². The number of halogens is 1. The van der Waals surface area contributed by atoms with Crippen LogP contribution in [0, 0.1) is 5.82 Å². The predicted octanol–water partition coefficient (Wildman–Crippen LogP) is 3.13. The van der Waals surface area contributed by atoms with Crippen molar-refractivity contribution in [3.63, 3.8) is 0 Å². The predicted molar refractivity (Wildman–Crippen MR) is 111 cm³/mol. The van der Waals surface area contributed by atoms with Gasteiger partial charge in [-0.3, -0.25) is 4.79 Å². The second-order valence-electron chi connectivity index (χ2n) is 7.64. The molecule has 1 amide bonds. The minimum absolute atomic E-state index is 0.0803. The Morgan fingerprint density at radius 1 is 1.11 bits per heavy atom. The number of ether oxygens (including phenoxy) is 1. The van der Waals surface area contributed by atoms with Crippen molar-refractivity contribution in [2.24, 2.45) is 0 Å². The Hall–Kier alpha value is -1.73. The Balaban J connectivity index is 1.52. The standard InChI is InChI=1S/C21H30FN3O2S/c22-17-10-8-16(9-11-17)15-25(18-5-2-1-3-6-18)21(28)24-14-20(26)23-13-19-7-4-12-27-19/h8-11,18-19H,1-7,12-15H2,(H,23,26)(H,24,28)/t19-/m1/s1. The molecule has 0 unspecified atom stereocenters. The summed E-state index contributed by atoms with van der Waals surface area (Å²) < 4.78 is 18.8. The molecule has 1 aromatic carbocycles. The normalized spacial score (nSPS) is 20.0. The molecule has 0 bridgehead atoms. The summed E-state index contributed by atoms with van der Waals surface area (Å²) in [6.07, 6.45) is 8.01. The number of hydrogen-bond donors (Lipinski definition) is 2. The maximum absolute atomic E-state index is 13.2. The minimum atomic E-state index is -0.239. The van der Waals surface area contributed by atoms with Gasteiger partial charge < -0.3 is 20.3 Å². The zero-order valence-corrected chi connectivity index (χ0v) is 17.1. The van der Waals surface area contributed by atoms with Crippen LogP contribution in [0.4, 0.5) is 4.39 Å². The third kappa shape index (κ3) is 6.41. The van der Waals surface area contributed by atoms with Gasteiger partial charge in [-0.2, -0.15) is 0 Å². The third-order valence-electron chi connectivity index (χ3n) is 5.49. The molecule has 2 aliphatic rings. The van der Waals surface area contributed by atoms with Crippen molar-refractivity contribution in [1.82, 2.24) is 15.5 Å². The van der Waals surface area contributed by atoms with E-state index in [-0.39, 0.29) is 24.4 Å². The van der Waals surface area contributed by atoms with Crippen LogP contribution < -0.4 is 10.6 Å². The van der Waals surface area contributed by atoms with Crippen LogP contribution in [0.2, 0.25) is 0 Å². The summed E-state index contributed by atoms with van der Waals surface area (Å²) in [4.78, 5) is 14.3. The molecule has 1 aliphatic heterocycles. The van der Waals surface area contributed by atoms with Crippen molar-refractivity contribution < 1.29 is 13.9 Å². The zero-order valence-electron chi connectivity index (χ0n) is 16.3. The largest absolute Gasteiger partial charge is 0.376 e. The molecule has 3 rings (SSSR count). The Morgan fingerprint density at radius 3 is 2.54 bits per heavy atom. The molecule has 1 aliphatic carbocycles. The lowest BCUT2D eigenvalue weighted by molar-refractivity contribution is -0.120. The summed E-state index contributed by atoms with van der Waals surface area (Å²) in [6.45, 7) is 2.10. The average Bonchev–Trinajstić information content (AvgIpc) is 3.24. The molecule has 7 heteroatoms. The molecule has 0 radical (unpaired) electrons. The first-order valence-corrected chi connectivity index (χ1v) is 10.7. The lowest BCUT2D eigenvalue weighted by Crippen LogP contribution is -2.49. The molecule has 0 spiro atoms. The Bertz CT molecular complexity index is 644. The molecule has 154 valence electrons. The summed E-state index contributed by atoms with van der Waals surface area (Å²) in [5, 5.41) is 6.61. The summed E-state index contributed by atoms with van der Waals surface area (Å²) in [7, 11) is 0. The molecular formula is C21H30FN3O2S. The first-order chi connectivity index (χ1) is 13.6. The Kier molecular flexibility index (Phi) is 8.03. The van der Waals surface area contributed by atoms with Crippen molar-refractivity contribution in [3.8, 4) is 0 Å². The summed E-state index contributed by atoms with van der Waals surface area (Å²) in [5.41, 5.74) is 1.01. The van der Waals surface area contributed by atoms with Crippen LogP contribution >= 0.6 is 12.2 Å². The smallest absolute Gasteiger partial charge is 0.239 e. The van der Waals surface area contributed by atoms with E-state index in [0.29, 0.717) is 24.2 Å². The van der Waals surface area contributed by atoms with Gasteiger partial charge >= 0.3 is 0 Å². The van der Waals surface area contributed by atoms with Gasteiger partial charge in [0.05, 0.1) is 12.6 Å². The number of amides is 1. The van der Waals surface area contributed by atoms with Crippen molar-refractivity contribution >= 4 is 23.2 Å². The summed E-state index contributed by atoms with van der Waals surface area (Å²) >= 11 is 5.63. The molecule has 28 heavy (non-hydrogen) atoms. The van der Waals surface area contributed by atoms with Gasteiger partial charge in [0.2, 0.25) is 5.91 Å². The maximum atomic E-state index is 13.2. The molecule has 2 fully saturated rings. The van der Waals surface area contributed by atoms with Crippen molar-refractivity contribution in [3.05, 3.63) is 35.6 Å². The molecule has 1 saturated heterocycles. The van der Waals surface area contributed by atoms with Crippen LogP contribution in [0.15, 0.2) is 24.3 Å². The molecule has 5 nitrogen and oxygen atoms in total. The molecule has 2 N–H and O–H groups in total. The first kappa shape index (κ1) is 21.0. The van der Waals surface area contributed by atoms with Crippen LogP contribution in [0.5, 0.6) is 0 Å². The van der Waals surface area contributed by atoms with E-state index in [9.17, 15) is 9.18 Å². The highest BCUT2D eigenvalue weighted by molar-refractivity contribution is 7.80. The maximum Gasteiger partial charge on any atom is 0.239 e. The Labute approximate surface area is 172 Å². The van der Waals surface area contributed by atoms with Gasteiger partial charge in [-0.25, -0.2) is 4.39 Å². The lowest BCUT2D eigenvalue weighted by atomic mass is 9.94. The fourth-order valence-electron chi connectivity index (χ4n) is 3.90. The number of nitrogens with zero attached hydrogens (tertiary/aromatic N) is 1. The van der Waals surface area contributed by atoms with Gasteiger partial charge in [0.1, 0.15) is 5.82 Å². The molecule has 1 aromatic rings. The van der Waals surface area contributed by atoms with E-state index in [1.807, 2.05) is 0 Å². The van der Waals surface area contributed by atoms with Crippen LogP contribution in [-0.4, -0.2) is 47.8 Å². The first-order valence-electron chi connectivity index (χ1n) is 10.3. The highest BCUT2D eigenvalue weighted by Crippen LogP contribution is 2.24. The Morgan fingerprint density at radius 2 is 1.86 bits per heavy atom. The number of benzene rings is 1. The van der Waals surface area contributed by atoms with E-state index in [1.54, 1.807) is 12.1 Å². The van der Waals surface area contributed by atoms with E-state index in [2.05, 4.69) is 15.5 Å². The summed E-state index contributed by atoms with van der Waals surface area (Å²) in [6, 6.07) is 6.89. The number of thiocarbonyl (C=S) groups is 1. The average molecular weight is 408 g/mol. The molecular weight excluding hydrogens is 377 g/mol. The van der Waals surface area contributed by atoms with E-state index in [1.165, 1.54) is 31.4 Å². The van der Waals surface area contributed by atoms with Gasteiger partial charge in [-0.15, -0.1) is 0 Å².